The van der Waals surface area contributed by atoms with E-state index in [1.165, 1.54) is 19.1 Å². The van der Waals surface area contributed by atoms with Crippen LogP contribution in [0.5, 0.6) is 5.75 Å². The molecular formula is C22H22F3N3O4S. The number of alkyl halides is 3. The highest BCUT2D eigenvalue weighted by Gasteiger charge is 2.64. The highest BCUT2D eigenvalue weighted by atomic mass is 32.1. The minimum absolute atomic E-state index is 0.0439. The van der Waals surface area contributed by atoms with Crippen LogP contribution in [0.4, 0.5) is 18.2 Å². The number of nitrogens with zero attached hydrogens (tertiary/aromatic N) is 1. The van der Waals surface area contributed by atoms with Gasteiger partial charge in [0.05, 0.1) is 12.2 Å². The van der Waals surface area contributed by atoms with E-state index < -0.39 is 30.3 Å². The van der Waals surface area contributed by atoms with Gasteiger partial charge in [0.1, 0.15) is 16.8 Å². The smallest absolute Gasteiger partial charge is 0.441 e. The van der Waals surface area contributed by atoms with Gasteiger partial charge in [0.15, 0.2) is 6.61 Å². The monoisotopic (exact) mass is 481 g/mol. The van der Waals surface area contributed by atoms with Crippen LogP contribution in [0.15, 0.2) is 30.3 Å². The van der Waals surface area contributed by atoms with Gasteiger partial charge in [-0.2, -0.15) is 18.4 Å². The molecule has 1 aliphatic carbocycles. The number of esters is 1. The lowest BCUT2D eigenvalue weighted by molar-refractivity contribution is -0.208. The second kappa shape index (κ2) is 10.1. The van der Waals surface area contributed by atoms with E-state index in [1.807, 2.05) is 6.07 Å². The Morgan fingerprint density at radius 2 is 1.88 bits per heavy atom. The lowest BCUT2D eigenvalue weighted by Gasteiger charge is -2.35. The minimum Gasteiger partial charge on any atom is -0.484 e. The number of thiophene rings is 1. The van der Waals surface area contributed by atoms with E-state index in [0.29, 0.717) is 18.4 Å². The fourth-order valence-corrected chi connectivity index (χ4v) is 4.78. The Bertz CT molecular complexity index is 1050. The Morgan fingerprint density at radius 3 is 2.52 bits per heavy atom. The van der Waals surface area contributed by atoms with Crippen molar-refractivity contribution < 1.29 is 32.2 Å². The maximum atomic E-state index is 14.4. The molecule has 176 valence electrons. The van der Waals surface area contributed by atoms with Crippen molar-refractivity contribution in [1.82, 2.24) is 5.32 Å². The standard InChI is InChI=1S/C22H22F3N3O4S/c1-2-31-20(30)21(22(23,24)25,27-18(29)13-32-14-8-4-3-5-9-14)28-19-16(12-26)15-10-6-7-11-17(15)33-19/h3-5,8-9,28H,2,6-7,10-11,13H2,1H3,(H,27,29)/t21-/m1/s1. The lowest BCUT2D eigenvalue weighted by atomic mass is 9.96. The highest BCUT2D eigenvalue weighted by molar-refractivity contribution is 7.16. The molecule has 33 heavy (non-hydrogen) atoms. The van der Waals surface area contributed by atoms with Crippen molar-refractivity contribution >= 4 is 28.2 Å². The number of nitriles is 1. The van der Waals surface area contributed by atoms with Crippen LogP contribution in [0, 0.1) is 11.3 Å². The van der Waals surface area contributed by atoms with Crippen LogP contribution in [0.3, 0.4) is 0 Å². The Kier molecular flexibility index (Phi) is 7.48. The summed E-state index contributed by atoms with van der Waals surface area (Å²) in [5.41, 5.74) is -2.88. The van der Waals surface area contributed by atoms with Crippen LogP contribution < -0.4 is 15.4 Å². The summed E-state index contributed by atoms with van der Waals surface area (Å²) in [5.74, 6) is -2.66. The summed E-state index contributed by atoms with van der Waals surface area (Å²) in [6.45, 7) is 0.236. The van der Waals surface area contributed by atoms with Crippen LogP contribution in [-0.4, -0.2) is 36.9 Å². The summed E-state index contributed by atoms with van der Waals surface area (Å²) in [6.07, 6.45) is -2.43. The second-order valence-electron chi connectivity index (χ2n) is 7.27. The number of fused-ring (bicyclic) bond motifs is 1. The molecule has 0 aliphatic heterocycles. The summed E-state index contributed by atoms with van der Waals surface area (Å²) in [7, 11) is 0. The third-order valence-electron chi connectivity index (χ3n) is 5.03. The van der Waals surface area contributed by atoms with Crippen LogP contribution >= 0.6 is 11.3 Å². The third-order valence-corrected chi connectivity index (χ3v) is 6.24. The number of nitrogens with one attached hydrogen (secondary N) is 2. The normalized spacial score (nSPS) is 14.9. The molecule has 2 N–H and O–H groups in total. The van der Waals surface area contributed by atoms with Gasteiger partial charge in [-0.3, -0.25) is 4.79 Å². The number of carbonyl (C=O) groups is 2. The molecule has 11 heteroatoms. The van der Waals surface area contributed by atoms with E-state index in [4.69, 9.17) is 9.47 Å². The fourth-order valence-electron chi connectivity index (χ4n) is 3.48. The first-order valence-corrected chi connectivity index (χ1v) is 11.1. The first-order valence-electron chi connectivity index (χ1n) is 10.3. The summed E-state index contributed by atoms with van der Waals surface area (Å²) in [4.78, 5) is 25.9. The molecule has 0 spiro atoms. The number of amides is 1. The molecule has 7 nitrogen and oxygen atoms in total. The van der Waals surface area contributed by atoms with Crippen molar-refractivity contribution in [3.05, 3.63) is 46.3 Å². The number of benzene rings is 1. The van der Waals surface area contributed by atoms with E-state index in [-0.39, 0.29) is 22.9 Å². The average molecular weight is 481 g/mol. The van der Waals surface area contributed by atoms with Crippen molar-refractivity contribution in [2.24, 2.45) is 0 Å². The van der Waals surface area contributed by atoms with E-state index in [2.05, 4.69) is 5.32 Å². The molecule has 0 radical (unpaired) electrons. The Hall–Kier alpha value is -3.26. The molecule has 1 amide bonds. The maximum absolute atomic E-state index is 14.4. The lowest BCUT2D eigenvalue weighted by Crippen LogP contribution is -2.69. The molecule has 0 fully saturated rings. The highest BCUT2D eigenvalue weighted by Crippen LogP contribution is 2.41. The summed E-state index contributed by atoms with van der Waals surface area (Å²) >= 11 is 0.978. The number of hydrogen-bond donors (Lipinski definition) is 2. The zero-order chi connectivity index (χ0) is 24.1. The van der Waals surface area contributed by atoms with Gasteiger partial charge in [-0.25, -0.2) is 4.79 Å². The van der Waals surface area contributed by atoms with Crippen molar-refractivity contribution in [1.29, 1.82) is 5.26 Å². The van der Waals surface area contributed by atoms with Crippen LogP contribution in [0.1, 0.15) is 35.8 Å². The van der Waals surface area contributed by atoms with Gasteiger partial charge < -0.3 is 20.1 Å². The van der Waals surface area contributed by atoms with Crippen molar-refractivity contribution in [2.45, 2.75) is 44.4 Å². The van der Waals surface area contributed by atoms with Gasteiger partial charge in [-0.1, -0.05) is 18.2 Å². The number of aryl methyl sites for hydroxylation is 1. The molecule has 0 saturated heterocycles. The number of carbonyl (C=O) groups excluding carboxylic acids is 2. The van der Waals surface area contributed by atoms with Gasteiger partial charge in [0.2, 0.25) is 0 Å². The van der Waals surface area contributed by atoms with Gasteiger partial charge in [0, 0.05) is 4.88 Å². The number of anilines is 1. The van der Waals surface area contributed by atoms with Gasteiger partial charge in [0.25, 0.3) is 5.91 Å². The molecule has 3 rings (SSSR count). The molecule has 0 bridgehead atoms. The van der Waals surface area contributed by atoms with E-state index in [9.17, 15) is 28.0 Å². The van der Waals surface area contributed by atoms with E-state index in [1.54, 1.807) is 23.5 Å². The maximum Gasteiger partial charge on any atom is 0.441 e. The topological polar surface area (TPSA) is 100 Å². The Morgan fingerprint density at radius 1 is 1.18 bits per heavy atom. The first kappa shape index (κ1) is 24.4. The van der Waals surface area contributed by atoms with Crippen molar-refractivity contribution in [3.63, 3.8) is 0 Å². The number of rotatable bonds is 8. The van der Waals surface area contributed by atoms with Crippen LogP contribution in [0.25, 0.3) is 0 Å². The average Bonchev–Trinajstić information content (AvgIpc) is 3.14. The summed E-state index contributed by atoms with van der Waals surface area (Å²) in [5, 5.41) is 13.3. The number of halogens is 3. The largest absolute Gasteiger partial charge is 0.484 e. The van der Waals surface area contributed by atoms with Gasteiger partial charge in [-0.15, -0.1) is 11.3 Å². The molecule has 1 atom stereocenters. The summed E-state index contributed by atoms with van der Waals surface area (Å²) < 4.78 is 53.0. The minimum atomic E-state index is -5.29. The number of hydrogen-bond acceptors (Lipinski definition) is 7. The van der Waals surface area contributed by atoms with Crippen molar-refractivity contribution in [3.8, 4) is 11.8 Å². The Labute approximate surface area is 192 Å². The SMILES string of the molecule is CCOC(=O)[C@@](NC(=O)COc1ccccc1)(Nc1sc2c(c1C#N)CCCC2)C(F)(F)F. The van der Waals surface area contributed by atoms with Crippen molar-refractivity contribution in [2.75, 3.05) is 18.5 Å². The molecule has 1 aliphatic rings. The third kappa shape index (κ3) is 5.22. The van der Waals surface area contributed by atoms with E-state index in [0.717, 1.165) is 29.1 Å². The van der Waals surface area contributed by atoms with E-state index >= 15 is 0 Å². The molecule has 1 aromatic heterocycles. The molecular weight excluding hydrogens is 459 g/mol. The molecule has 0 saturated carbocycles. The fraction of sp³-hybridized carbons (Fsp3) is 0.409. The first-order chi connectivity index (χ1) is 15.7. The van der Waals surface area contributed by atoms with Gasteiger partial charge in [-0.05, 0) is 50.3 Å². The molecule has 1 heterocycles. The second-order valence-corrected chi connectivity index (χ2v) is 8.38. The zero-order valence-electron chi connectivity index (χ0n) is 17.8. The molecule has 2 aromatic rings. The summed E-state index contributed by atoms with van der Waals surface area (Å²) in [6, 6.07) is 9.98. The predicted octanol–water partition coefficient (Wildman–Crippen LogP) is 3.93. The molecule has 0 unspecified atom stereocenters. The quantitative estimate of drug-likeness (QED) is 0.438. The van der Waals surface area contributed by atoms with Gasteiger partial charge >= 0.3 is 17.8 Å². The predicted molar refractivity (Wildman–Crippen MR) is 115 cm³/mol. The number of ether oxygens (including phenoxy) is 2. The zero-order valence-corrected chi connectivity index (χ0v) is 18.6. The van der Waals surface area contributed by atoms with Crippen LogP contribution in [0.2, 0.25) is 0 Å². The Balaban J connectivity index is 1.95. The van der Waals surface area contributed by atoms with Crippen LogP contribution in [-0.2, 0) is 27.2 Å². The number of para-hydroxylation sites is 1. The molecule has 1 aromatic carbocycles.